The van der Waals surface area contributed by atoms with Gasteiger partial charge in [0.1, 0.15) is 0 Å². The summed E-state index contributed by atoms with van der Waals surface area (Å²) in [5.74, 6) is 1.26. The van der Waals surface area contributed by atoms with Gasteiger partial charge >= 0.3 is 0 Å². The molecule has 65 valence electrons. The Labute approximate surface area is 78.4 Å². The van der Waals surface area contributed by atoms with E-state index in [4.69, 9.17) is 0 Å². The maximum atomic E-state index is 4.54. The number of para-hydroxylation sites is 1. The minimum absolute atomic E-state index is 1.07. The molecule has 0 saturated carbocycles. The molecule has 0 N–H and O–H groups in total. The summed E-state index contributed by atoms with van der Waals surface area (Å²) in [4.78, 5) is 4.54. The van der Waals surface area contributed by atoms with Crippen molar-refractivity contribution >= 4 is 10.9 Å². The first-order chi connectivity index (χ1) is 6.27. The van der Waals surface area contributed by atoms with E-state index in [1.807, 2.05) is 18.2 Å². The number of hydrogen-bond donors (Lipinski definition) is 0. The lowest BCUT2D eigenvalue weighted by Crippen LogP contribution is -1.92. The van der Waals surface area contributed by atoms with E-state index in [1.54, 1.807) is 0 Å². The smallest absolute Gasteiger partial charge is 0.0705 e. The second kappa shape index (κ2) is 3.17. The van der Waals surface area contributed by atoms with Gasteiger partial charge in [0.2, 0.25) is 0 Å². The van der Waals surface area contributed by atoms with Crippen molar-refractivity contribution in [1.29, 1.82) is 0 Å². The number of rotatable bonds is 1. The second-order valence-electron chi connectivity index (χ2n) is 3.39. The van der Waals surface area contributed by atoms with E-state index in [0.29, 0.717) is 0 Å². The number of fused-ring (bicyclic) bond motifs is 1. The topological polar surface area (TPSA) is 12.9 Å². The Bertz CT molecular complexity index is 418. The van der Waals surface area contributed by atoms with Crippen LogP contribution in [0.3, 0.4) is 0 Å². The van der Waals surface area contributed by atoms with Crippen LogP contribution in [0.15, 0.2) is 36.4 Å². The summed E-state index contributed by atoms with van der Waals surface area (Å²) in [7, 11) is 0. The van der Waals surface area contributed by atoms with E-state index in [9.17, 15) is 0 Å². The third kappa shape index (κ3) is 1.55. The number of pyridine rings is 1. The second-order valence-corrected chi connectivity index (χ2v) is 3.39. The summed E-state index contributed by atoms with van der Waals surface area (Å²) in [6.07, 6.45) is 0. The maximum absolute atomic E-state index is 4.54. The molecule has 0 amide bonds. The molecule has 2 rings (SSSR count). The number of hydrogen-bond acceptors (Lipinski definition) is 1. The first-order valence-electron chi connectivity index (χ1n) is 4.44. The van der Waals surface area contributed by atoms with E-state index in [1.165, 1.54) is 11.3 Å². The average Bonchev–Trinajstić information content (AvgIpc) is 2.17. The summed E-state index contributed by atoms with van der Waals surface area (Å²) in [6, 6.07) is 12.4. The van der Waals surface area contributed by atoms with Crippen LogP contribution in [0.5, 0.6) is 0 Å². The van der Waals surface area contributed by atoms with E-state index in [0.717, 1.165) is 11.2 Å². The van der Waals surface area contributed by atoms with Crippen LogP contribution in [0.25, 0.3) is 10.9 Å². The van der Waals surface area contributed by atoms with Crippen LogP contribution < -0.4 is 0 Å². The molecule has 13 heavy (non-hydrogen) atoms. The lowest BCUT2D eigenvalue weighted by atomic mass is 10.1. The highest BCUT2D eigenvalue weighted by molar-refractivity contribution is 5.78. The standard InChI is InChI=1S/C12H12N/c1-9(2)11-8-7-10-5-3-4-6-12(10)13-11/h3-8H,1-2H3. The fourth-order valence-electron chi connectivity index (χ4n) is 1.34. The molecule has 2 aromatic rings. The van der Waals surface area contributed by atoms with Gasteiger partial charge in [-0.1, -0.05) is 38.1 Å². The summed E-state index contributed by atoms with van der Waals surface area (Å²) >= 11 is 0. The van der Waals surface area contributed by atoms with Crippen molar-refractivity contribution in [3.05, 3.63) is 48.0 Å². The largest absolute Gasteiger partial charge is 0.252 e. The molecule has 0 aliphatic heterocycles. The van der Waals surface area contributed by atoms with Gasteiger partial charge in [0, 0.05) is 17.0 Å². The molecular formula is C12H12N. The summed E-state index contributed by atoms with van der Waals surface area (Å²) < 4.78 is 0. The zero-order valence-corrected chi connectivity index (χ0v) is 7.91. The molecule has 1 aromatic carbocycles. The Morgan fingerprint density at radius 2 is 1.77 bits per heavy atom. The molecule has 0 fully saturated rings. The van der Waals surface area contributed by atoms with E-state index in [-0.39, 0.29) is 0 Å². The zero-order valence-electron chi connectivity index (χ0n) is 7.91. The van der Waals surface area contributed by atoms with Crippen LogP contribution >= 0.6 is 0 Å². The Balaban J connectivity index is 2.62. The average molecular weight is 170 g/mol. The number of aromatic nitrogens is 1. The Morgan fingerprint density at radius 1 is 1.00 bits per heavy atom. The SMILES string of the molecule is C[C](C)c1ccc2ccccc2n1. The zero-order chi connectivity index (χ0) is 9.26. The molecule has 1 heterocycles. The first kappa shape index (κ1) is 8.24. The maximum Gasteiger partial charge on any atom is 0.0705 e. The van der Waals surface area contributed by atoms with Crippen LogP contribution in [0.2, 0.25) is 0 Å². The molecule has 0 saturated heterocycles. The van der Waals surface area contributed by atoms with Gasteiger partial charge in [-0.3, -0.25) is 4.98 Å². The van der Waals surface area contributed by atoms with Crippen molar-refractivity contribution in [2.75, 3.05) is 0 Å². The van der Waals surface area contributed by atoms with Crippen LogP contribution in [0.1, 0.15) is 19.5 Å². The molecule has 1 nitrogen and oxygen atoms in total. The highest BCUT2D eigenvalue weighted by Gasteiger charge is 2.01. The van der Waals surface area contributed by atoms with Crippen LogP contribution in [0.4, 0.5) is 0 Å². The van der Waals surface area contributed by atoms with Crippen LogP contribution in [-0.2, 0) is 0 Å². The van der Waals surface area contributed by atoms with E-state index < -0.39 is 0 Å². The number of nitrogens with zero attached hydrogens (tertiary/aromatic N) is 1. The highest BCUT2D eigenvalue weighted by Crippen LogP contribution is 2.16. The molecule has 0 spiro atoms. The lowest BCUT2D eigenvalue weighted by Gasteiger charge is -2.04. The minimum atomic E-state index is 1.07. The molecule has 0 unspecified atom stereocenters. The Hall–Kier alpha value is -1.37. The number of benzene rings is 1. The molecule has 0 atom stereocenters. The van der Waals surface area contributed by atoms with Crippen molar-refractivity contribution in [2.24, 2.45) is 0 Å². The normalized spacial score (nSPS) is 11.0. The van der Waals surface area contributed by atoms with Gasteiger partial charge in [0.25, 0.3) is 0 Å². The van der Waals surface area contributed by atoms with Crippen LogP contribution in [-0.4, -0.2) is 4.98 Å². The van der Waals surface area contributed by atoms with Gasteiger partial charge in [0.15, 0.2) is 0 Å². The lowest BCUT2D eigenvalue weighted by molar-refractivity contribution is 1.08. The van der Waals surface area contributed by atoms with Crippen molar-refractivity contribution in [3.8, 4) is 0 Å². The monoisotopic (exact) mass is 170 g/mol. The Morgan fingerprint density at radius 3 is 2.54 bits per heavy atom. The van der Waals surface area contributed by atoms with Gasteiger partial charge < -0.3 is 0 Å². The van der Waals surface area contributed by atoms with Gasteiger partial charge in [-0.25, -0.2) is 0 Å². The molecule has 0 bridgehead atoms. The minimum Gasteiger partial charge on any atom is -0.252 e. The third-order valence-electron chi connectivity index (χ3n) is 2.11. The van der Waals surface area contributed by atoms with E-state index in [2.05, 4.69) is 37.0 Å². The molecule has 1 aromatic heterocycles. The van der Waals surface area contributed by atoms with Gasteiger partial charge in [-0.15, -0.1) is 0 Å². The third-order valence-corrected chi connectivity index (χ3v) is 2.11. The van der Waals surface area contributed by atoms with Crippen molar-refractivity contribution in [2.45, 2.75) is 13.8 Å². The van der Waals surface area contributed by atoms with E-state index >= 15 is 0 Å². The van der Waals surface area contributed by atoms with Gasteiger partial charge in [-0.2, -0.15) is 0 Å². The van der Waals surface area contributed by atoms with Crippen molar-refractivity contribution in [1.82, 2.24) is 4.98 Å². The summed E-state index contributed by atoms with van der Waals surface area (Å²) in [5, 5.41) is 1.20. The first-order valence-corrected chi connectivity index (χ1v) is 4.44. The van der Waals surface area contributed by atoms with Crippen molar-refractivity contribution in [3.63, 3.8) is 0 Å². The fourth-order valence-corrected chi connectivity index (χ4v) is 1.34. The van der Waals surface area contributed by atoms with Gasteiger partial charge in [0.05, 0.1) is 5.52 Å². The molecule has 1 heteroatoms. The fraction of sp³-hybridized carbons (Fsp3) is 0.167. The Kier molecular flexibility index (Phi) is 2.01. The van der Waals surface area contributed by atoms with Crippen molar-refractivity contribution < 1.29 is 0 Å². The predicted octanol–water partition coefficient (Wildman–Crippen LogP) is 3.20. The highest BCUT2D eigenvalue weighted by atomic mass is 14.7. The molecule has 0 aliphatic rings. The molecule has 1 radical (unpaired) electrons. The predicted molar refractivity (Wildman–Crippen MR) is 55.4 cm³/mol. The summed E-state index contributed by atoms with van der Waals surface area (Å²) in [6.45, 7) is 4.16. The molecular weight excluding hydrogens is 158 g/mol. The van der Waals surface area contributed by atoms with Gasteiger partial charge in [-0.05, 0) is 12.1 Å². The molecule has 0 aliphatic carbocycles. The quantitative estimate of drug-likeness (QED) is 0.640. The van der Waals surface area contributed by atoms with Crippen LogP contribution in [0, 0.1) is 5.92 Å². The summed E-state index contributed by atoms with van der Waals surface area (Å²) in [5.41, 5.74) is 2.15.